The fourth-order valence-electron chi connectivity index (χ4n) is 3.10. The summed E-state index contributed by atoms with van der Waals surface area (Å²) in [5.74, 6) is 0. The van der Waals surface area contributed by atoms with Crippen molar-refractivity contribution in [1.82, 2.24) is 9.78 Å². The minimum absolute atomic E-state index is 0.128. The summed E-state index contributed by atoms with van der Waals surface area (Å²) in [7, 11) is 0. The van der Waals surface area contributed by atoms with Crippen molar-refractivity contribution in [3.05, 3.63) is 98.0 Å². The number of rotatable bonds is 5. The van der Waals surface area contributed by atoms with Crippen LogP contribution in [0.1, 0.15) is 5.56 Å². The first kappa shape index (κ1) is 22.7. The molecule has 3 aromatic carbocycles. The molecule has 0 aliphatic carbocycles. The molecule has 0 atom stereocenters. The standard InChI is InChI=1S/C23H15BrCl3N3O2/c24-16-8-6-14(7-9-16)13-32-23(31)29-20-12-28-30(21(20)15-4-2-1-3-5-15)22-18(26)10-17(25)11-19(22)27/h1-12H,13H2,(H,29,31). The van der Waals surface area contributed by atoms with Gasteiger partial charge in [-0.05, 0) is 29.8 Å². The van der Waals surface area contributed by atoms with E-state index in [9.17, 15) is 4.79 Å². The number of carbonyl (C=O) groups is 1. The Balaban J connectivity index is 1.66. The van der Waals surface area contributed by atoms with Crippen LogP contribution in [-0.4, -0.2) is 15.9 Å². The molecule has 32 heavy (non-hydrogen) atoms. The highest BCUT2D eigenvalue weighted by atomic mass is 79.9. The number of ether oxygens (including phenoxy) is 1. The van der Waals surface area contributed by atoms with Crippen LogP contribution < -0.4 is 5.32 Å². The summed E-state index contributed by atoms with van der Waals surface area (Å²) in [6.07, 6.45) is 0.905. The summed E-state index contributed by atoms with van der Waals surface area (Å²) < 4.78 is 7.89. The molecule has 0 radical (unpaired) electrons. The van der Waals surface area contributed by atoms with Crippen LogP contribution in [0.25, 0.3) is 16.9 Å². The van der Waals surface area contributed by atoms with Gasteiger partial charge in [-0.25, -0.2) is 9.48 Å². The molecule has 1 N–H and O–H groups in total. The number of carbonyl (C=O) groups excluding carboxylic acids is 1. The predicted molar refractivity (Wildman–Crippen MR) is 132 cm³/mol. The van der Waals surface area contributed by atoms with Gasteiger partial charge in [-0.2, -0.15) is 5.10 Å². The Morgan fingerprint density at radius 3 is 2.31 bits per heavy atom. The molecule has 1 heterocycles. The van der Waals surface area contributed by atoms with E-state index in [0.717, 1.165) is 15.6 Å². The smallest absolute Gasteiger partial charge is 0.412 e. The predicted octanol–water partition coefficient (Wildman–Crippen LogP) is 8.01. The average molecular weight is 552 g/mol. The molecule has 5 nitrogen and oxygen atoms in total. The SMILES string of the molecule is O=C(Nc1cnn(-c2c(Cl)cc(Cl)cc2Cl)c1-c1ccccc1)OCc1ccc(Br)cc1. The number of nitrogens with one attached hydrogen (secondary N) is 1. The normalized spacial score (nSPS) is 10.8. The quantitative estimate of drug-likeness (QED) is 0.273. The Morgan fingerprint density at radius 1 is 1.00 bits per heavy atom. The third-order valence-corrected chi connectivity index (χ3v) is 5.85. The number of aromatic nitrogens is 2. The highest BCUT2D eigenvalue weighted by Crippen LogP contribution is 2.37. The highest BCUT2D eigenvalue weighted by Gasteiger charge is 2.20. The van der Waals surface area contributed by atoms with Gasteiger partial charge < -0.3 is 4.74 Å². The van der Waals surface area contributed by atoms with E-state index in [-0.39, 0.29) is 6.61 Å². The van der Waals surface area contributed by atoms with E-state index in [2.05, 4.69) is 26.3 Å². The third-order valence-electron chi connectivity index (χ3n) is 4.53. The lowest BCUT2D eigenvalue weighted by Crippen LogP contribution is -2.14. The maximum absolute atomic E-state index is 12.5. The molecule has 0 unspecified atom stereocenters. The van der Waals surface area contributed by atoms with Crippen molar-refractivity contribution in [2.75, 3.05) is 5.32 Å². The Bertz CT molecular complexity index is 1240. The molecule has 9 heteroatoms. The first-order valence-electron chi connectivity index (χ1n) is 9.39. The lowest BCUT2D eigenvalue weighted by molar-refractivity contribution is 0.155. The molecule has 0 saturated carbocycles. The van der Waals surface area contributed by atoms with Crippen LogP contribution in [0.4, 0.5) is 10.5 Å². The number of halogens is 4. The van der Waals surface area contributed by atoms with E-state index >= 15 is 0 Å². The molecule has 4 aromatic rings. The van der Waals surface area contributed by atoms with Crippen molar-refractivity contribution in [3.63, 3.8) is 0 Å². The van der Waals surface area contributed by atoms with E-state index in [1.165, 1.54) is 6.20 Å². The van der Waals surface area contributed by atoms with Crippen LogP contribution in [0, 0.1) is 0 Å². The van der Waals surface area contributed by atoms with E-state index < -0.39 is 6.09 Å². The molecule has 4 rings (SSSR count). The molecule has 1 aromatic heterocycles. The average Bonchev–Trinajstić information content (AvgIpc) is 3.16. The fourth-order valence-corrected chi connectivity index (χ4v) is 4.34. The van der Waals surface area contributed by atoms with Crippen LogP contribution in [0.15, 0.2) is 77.4 Å². The van der Waals surface area contributed by atoms with Crippen molar-refractivity contribution in [2.45, 2.75) is 6.61 Å². The molecule has 0 bridgehead atoms. The summed E-state index contributed by atoms with van der Waals surface area (Å²) in [5, 5.41) is 8.25. The van der Waals surface area contributed by atoms with Gasteiger partial charge in [0.25, 0.3) is 0 Å². The summed E-state index contributed by atoms with van der Waals surface area (Å²) in [5.41, 5.74) is 3.15. The molecule has 162 valence electrons. The number of benzene rings is 3. The summed E-state index contributed by atoms with van der Waals surface area (Å²) in [6, 6.07) is 20.1. The monoisotopic (exact) mass is 549 g/mol. The molecule has 0 fully saturated rings. The Morgan fingerprint density at radius 2 is 1.66 bits per heavy atom. The first-order valence-corrected chi connectivity index (χ1v) is 11.3. The minimum atomic E-state index is -0.613. The van der Waals surface area contributed by atoms with Gasteiger partial charge in [-0.3, -0.25) is 5.32 Å². The van der Waals surface area contributed by atoms with Gasteiger partial charge in [0.05, 0.1) is 27.6 Å². The van der Waals surface area contributed by atoms with Crippen LogP contribution >= 0.6 is 50.7 Å². The highest BCUT2D eigenvalue weighted by molar-refractivity contribution is 9.10. The Kier molecular flexibility index (Phi) is 7.06. The molecule has 0 saturated heterocycles. The summed E-state index contributed by atoms with van der Waals surface area (Å²) >= 11 is 22.3. The minimum Gasteiger partial charge on any atom is -0.444 e. The second-order valence-corrected chi connectivity index (χ2v) is 8.90. The zero-order valence-electron chi connectivity index (χ0n) is 16.4. The maximum Gasteiger partial charge on any atom is 0.412 e. The lowest BCUT2D eigenvalue weighted by Gasteiger charge is -2.14. The van der Waals surface area contributed by atoms with Crippen LogP contribution in [0.5, 0.6) is 0 Å². The molecule has 1 amide bonds. The first-order chi connectivity index (χ1) is 15.4. The van der Waals surface area contributed by atoms with Crippen LogP contribution in [0.2, 0.25) is 15.1 Å². The summed E-state index contributed by atoms with van der Waals surface area (Å²) in [6.45, 7) is 0.128. The fraction of sp³-hybridized carbons (Fsp3) is 0.0435. The van der Waals surface area contributed by atoms with E-state index in [0.29, 0.717) is 32.1 Å². The van der Waals surface area contributed by atoms with Gasteiger partial charge in [0.1, 0.15) is 12.3 Å². The van der Waals surface area contributed by atoms with Crippen molar-refractivity contribution in [3.8, 4) is 16.9 Å². The molecule has 0 aliphatic heterocycles. The Labute approximate surface area is 208 Å². The van der Waals surface area contributed by atoms with Crippen molar-refractivity contribution in [2.24, 2.45) is 0 Å². The van der Waals surface area contributed by atoms with Crippen LogP contribution in [-0.2, 0) is 11.3 Å². The van der Waals surface area contributed by atoms with E-state index in [1.807, 2.05) is 54.6 Å². The summed E-state index contributed by atoms with van der Waals surface area (Å²) in [4.78, 5) is 12.5. The number of anilines is 1. The van der Waals surface area contributed by atoms with Gasteiger partial charge in [-0.15, -0.1) is 0 Å². The molecular formula is C23H15BrCl3N3O2. The largest absolute Gasteiger partial charge is 0.444 e. The van der Waals surface area contributed by atoms with Gasteiger partial charge >= 0.3 is 6.09 Å². The number of amides is 1. The second kappa shape index (κ2) is 9.96. The van der Waals surface area contributed by atoms with E-state index in [1.54, 1.807) is 16.8 Å². The zero-order valence-corrected chi connectivity index (χ0v) is 20.2. The van der Waals surface area contributed by atoms with Gasteiger partial charge in [0.15, 0.2) is 0 Å². The third kappa shape index (κ3) is 5.10. The van der Waals surface area contributed by atoms with Crippen molar-refractivity contribution in [1.29, 1.82) is 0 Å². The number of hydrogen-bond acceptors (Lipinski definition) is 3. The Hall–Kier alpha value is -2.51. The number of nitrogens with zero attached hydrogens (tertiary/aromatic N) is 2. The number of hydrogen-bond donors (Lipinski definition) is 1. The van der Waals surface area contributed by atoms with E-state index in [4.69, 9.17) is 39.5 Å². The van der Waals surface area contributed by atoms with Gasteiger partial charge in [0.2, 0.25) is 0 Å². The maximum atomic E-state index is 12.5. The zero-order chi connectivity index (χ0) is 22.7. The second-order valence-electron chi connectivity index (χ2n) is 6.73. The molecular weight excluding hydrogens is 537 g/mol. The van der Waals surface area contributed by atoms with Crippen LogP contribution in [0.3, 0.4) is 0 Å². The topological polar surface area (TPSA) is 56.2 Å². The lowest BCUT2D eigenvalue weighted by atomic mass is 10.1. The van der Waals surface area contributed by atoms with Gasteiger partial charge in [-0.1, -0.05) is 93.2 Å². The van der Waals surface area contributed by atoms with Crippen molar-refractivity contribution >= 4 is 62.5 Å². The molecule has 0 spiro atoms. The van der Waals surface area contributed by atoms with Crippen molar-refractivity contribution < 1.29 is 9.53 Å². The van der Waals surface area contributed by atoms with Gasteiger partial charge in [0, 0.05) is 15.1 Å². The molecule has 0 aliphatic rings.